The first-order valence-electron chi connectivity index (χ1n) is 15.8. The van der Waals surface area contributed by atoms with E-state index in [1.807, 2.05) is 36.4 Å². The number of hydrogen-bond acceptors (Lipinski definition) is 6. The standard InChI is InChI=1S/C35H48N2O6/c1-34(2)17-28-18-35(3,22-34)23-37(28)20-29-16-30(26-12-10-25(21-38)11-13-26)43-33(42-29)27-14-8-24(9-15-27)19-36-31(39)6-4-5-7-32(40)41/h8-15,28-30,33,38H,4-7,16-23H2,1-3H3,(H,36,39)(H,40,41). The smallest absolute Gasteiger partial charge is 0.303 e. The van der Waals surface area contributed by atoms with Crippen LogP contribution in [-0.2, 0) is 32.2 Å². The lowest BCUT2D eigenvalue weighted by molar-refractivity contribution is -0.253. The van der Waals surface area contributed by atoms with Gasteiger partial charge in [0.15, 0.2) is 6.29 Å². The van der Waals surface area contributed by atoms with Crippen molar-refractivity contribution in [3.8, 4) is 0 Å². The first-order valence-corrected chi connectivity index (χ1v) is 15.8. The lowest BCUT2D eigenvalue weighted by atomic mass is 9.65. The molecule has 0 radical (unpaired) electrons. The first kappa shape index (κ1) is 31.6. The highest BCUT2D eigenvalue weighted by molar-refractivity contribution is 5.75. The summed E-state index contributed by atoms with van der Waals surface area (Å²) in [7, 11) is 0. The number of aliphatic hydroxyl groups excluding tert-OH is 1. The molecule has 2 aromatic rings. The zero-order valence-corrected chi connectivity index (χ0v) is 25.9. The van der Waals surface area contributed by atoms with Crippen molar-refractivity contribution in [1.82, 2.24) is 10.2 Å². The molecule has 5 rings (SSSR count). The highest BCUT2D eigenvalue weighted by Crippen LogP contribution is 2.53. The normalized spacial score (nSPS) is 28.5. The van der Waals surface area contributed by atoms with Gasteiger partial charge >= 0.3 is 5.97 Å². The number of carboxylic acids is 1. The fourth-order valence-electron chi connectivity index (χ4n) is 7.73. The maximum Gasteiger partial charge on any atom is 0.303 e. The molecule has 1 amide bonds. The Labute approximate surface area is 255 Å². The molecule has 2 aromatic carbocycles. The van der Waals surface area contributed by atoms with Crippen LogP contribution in [0.2, 0.25) is 0 Å². The summed E-state index contributed by atoms with van der Waals surface area (Å²) in [6.07, 6.45) is 5.40. The van der Waals surface area contributed by atoms with Gasteiger partial charge in [0, 0.05) is 50.5 Å². The van der Waals surface area contributed by atoms with Gasteiger partial charge < -0.3 is 25.0 Å². The van der Waals surface area contributed by atoms with Gasteiger partial charge in [0.1, 0.15) is 0 Å². The minimum atomic E-state index is -0.833. The molecule has 2 bridgehead atoms. The third kappa shape index (κ3) is 8.44. The van der Waals surface area contributed by atoms with Crippen molar-refractivity contribution in [2.24, 2.45) is 10.8 Å². The number of fused-ring (bicyclic) bond motifs is 2. The van der Waals surface area contributed by atoms with Crippen LogP contribution in [0.5, 0.6) is 0 Å². The summed E-state index contributed by atoms with van der Waals surface area (Å²) >= 11 is 0. The number of carbonyl (C=O) groups excluding carboxylic acids is 1. The molecule has 43 heavy (non-hydrogen) atoms. The minimum absolute atomic E-state index is 0.0170. The van der Waals surface area contributed by atoms with Gasteiger partial charge in [-0.2, -0.15) is 0 Å². The number of carbonyl (C=O) groups is 2. The zero-order valence-electron chi connectivity index (χ0n) is 25.9. The number of carboxylic acid groups (broad SMARTS) is 1. The lowest BCUT2D eigenvalue weighted by Crippen LogP contribution is -2.42. The number of likely N-dealkylation sites (tertiary alicyclic amines) is 1. The van der Waals surface area contributed by atoms with Gasteiger partial charge in [-0.1, -0.05) is 69.3 Å². The number of nitrogens with one attached hydrogen (secondary N) is 1. The molecule has 1 saturated carbocycles. The van der Waals surface area contributed by atoms with E-state index in [1.54, 1.807) is 0 Å². The average Bonchev–Trinajstić information content (AvgIpc) is 3.21. The van der Waals surface area contributed by atoms with E-state index in [-0.39, 0.29) is 31.1 Å². The van der Waals surface area contributed by atoms with Gasteiger partial charge in [0.25, 0.3) is 0 Å². The lowest BCUT2D eigenvalue weighted by Gasteiger charge is -2.41. The number of rotatable bonds is 12. The largest absolute Gasteiger partial charge is 0.481 e. The van der Waals surface area contributed by atoms with Gasteiger partial charge in [-0.25, -0.2) is 0 Å². The third-order valence-electron chi connectivity index (χ3n) is 9.36. The monoisotopic (exact) mass is 592 g/mol. The quantitative estimate of drug-likeness (QED) is 0.264. The number of ether oxygens (including phenoxy) is 2. The van der Waals surface area contributed by atoms with Crippen LogP contribution < -0.4 is 5.32 Å². The van der Waals surface area contributed by atoms with Crippen molar-refractivity contribution in [1.29, 1.82) is 0 Å². The molecule has 3 fully saturated rings. The molecule has 0 spiro atoms. The Morgan fingerprint density at radius 2 is 1.60 bits per heavy atom. The number of aliphatic carboxylic acids is 1. The average molecular weight is 593 g/mol. The molecule has 2 aliphatic heterocycles. The third-order valence-corrected chi connectivity index (χ3v) is 9.36. The second-order valence-corrected chi connectivity index (χ2v) is 14.1. The van der Waals surface area contributed by atoms with Crippen LogP contribution in [0.1, 0.15) is 107 Å². The van der Waals surface area contributed by atoms with Crippen molar-refractivity contribution in [2.75, 3.05) is 13.1 Å². The van der Waals surface area contributed by atoms with E-state index in [1.165, 1.54) is 19.3 Å². The van der Waals surface area contributed by atoms with E-state index in [4.69, 9.17) is 14.6 Å². The van der Waals surface area contributed by atoms with Gasteiger partial charge in [0.2, 0.25) is 5.91 Å². The fraction of sp³-hybridized carbons (Fsp3) is 0.600. The van der Waals surface area contributed by atoms with Crippen LogP contribution in [-0.4, -0.2) is 52.2 Å². The summed E-state index contributed by atoms with van der Waals surface area (Å²) in [5.74, 6) is -0.907. The van der Waals surface area contributed by atoms with Crippen LogP contribution in [0, 0.1) is 10.8 Å². The summed E-state index contributed by atoms with van der Waals surface area (Å²) in [6.45, 7) is 9.70. The highest BCUT2D eigenvalue weighted by Gasteiger charge is 2.50. The van der Waals surface area contributed by atoms with Gasteiger partial charge in [-0.05, 0) is 59.6 Å². The number of nitrogens with zero attached hydrogens (tertiary/aromatic N) is 1. The van der Waals surface area contributed by atoms with Crippen LogP contribution in [0.3, 0.4) is 0 Å². The van der Waals surface area contributed by atoms with Crippen LogP contribution >= 0.6 is 0 Å². The Morgan fingerprint density at radius 1 is 0.930 bits per heavy atom. The Kier molecular flexibility index (Phi) is 9.91. The summed E-state index contributed by atoms with van der Waals surface area (Å²) in [6, 6.07) is 16.6. The molecule has 1 aliphatic carbocycles. The Balaban J connectivity index is 1.24. The molecular weight excluding hydrogens is 544 g/mol. The molecule has 0 aromatic heterocycles. The van der Waals surface area contributed by atoms with Crippen molar-refractivity contribution < 1.29 is 29.3 Å². The molecule has 3 N–H and O–H groups in total. The second-order valence-electron chi connectivity index (χ2n) is 14.1. The number of benzene rings is 2. The Bertz CT molecular complexity index is 1250. The fourth-order valence-corrected chi connectivity index (χ4v) is 7.73. The molecule has 8 nitrogen and oxygen atoms in total. The Hall–Kier alpha value is -2.78. The minimum Gasteiger partial charge on any atom is -0.481 e. The predicted octanol–water partition coefficient (Wildman–Crippen LogP) is 5.89. The highest BCUT2D eigenvalue weighted by atomic mass is 16.7. The molecule has 2 saturated heterocycles. The summed E-state index contributed by atoms with van der Waals surface area (Å²) < 4.78 is 13.2. The molecule has 8 heteroatoms. The van der Waals surface area contributed by atoms with E-state index in [9.17, 15) is 14.7 Å². The first-order chi connectivity index (χ1) is 20.5. The summed E-state index contributed by atoms with van der Waals surface area (Å²) in [5, 5.41) is 21.2. The van der Waals surface area contributed by atoms with E-state index >= 15 is 0 Å². The second kappa shape index (κ2) is 13.5. The number of unbranched alkanes of at least 4 members (excludes halogenated alkanes) is 1. The number of aliphatic hydroxyl groups is 1. The molecule has 234 valence electrons. The number of amides is 1. The van der Waals surface area contributed by atoms with Crippen LogP contribution in [0.15, 0.2) is 48.5 Å². The summed E-state index contributed by atoms with van der Waals surface area (Å²) in [4.78, 5) is 25.5. The Morgan fingerprint density at radius 3 is 2.30 bits per heavy atom. The number of hydrogen-bond donors (Lipinski definition) is 3. The molecule has 5 atom stereocenters. The summed E-state index contributed by atoms with van der Waals surface area (Å²) in [5.41, 5.74) is 4.62. The van der Waals surface area contributed by atoms with E-state index < -0.39 is 12.3 Å². The van der Waals surface area contributed by atoms with Crippen LogP contribution in [0.4, 0.5) is 0 Å². The van der Waals surface area contributed by atoms with Crippen molar-refractivity contribution in [3.63, 3.8) is 0 Å². The van der Waals surface area contributed by atoms with Crippen LogP contribution in [0.25, 0.3) is 0 Å². The van der Waals surface area contributed by atoms with Crippen molar-refractivity contribution >= 4 is 11.9 Å². The molecule has 5 unspecified atom stereocenters. The van der Waals surface area contributed by atoms with Crippen molar-refractivity contribution in [3.05, 3.63) is 70.8 Å². The molecular formula is C35H48N2O6. The molecule has 2 heterocycles. The van der Waals surface area contributed by atoms with Crippen molar-refractivity contribution in [2.45, 2.75) is 110 Å². The van der Waals surface area contributed by atoms with Gasteiger partial charge in [-0.15, -0.1) is 0 Å². The molecule has 3 aliphatic rings. The van der Waals surface area contributed by atoms with E-state index in [0.717, 1.165) is 41.8 Å². The van der Waals surface area contributed by atoms with E-state index in [2.05, 4.69) is 43.1 Å². The topological polar surface area (TPSA) is 108 Å². The van der Waals surface area contributed by atoms with E-state index in [0.29, 0.717) is 42.7 Å². The zero-order chi connectivity index (χ0) is 30.6. The van der Waals surface area contributed by atoms with Gasteiger partial charge in [-0.3, -0.25) is 14.5 Å². The maximum absolute atomic E-state index is 12.2. The predicted molar refractivity (Wildman–Crippen MR) is 164 cm³/mol. The van der Waals surface area contributed by atoms with Gasteiger partial charge in [0.05, 0.1) is 18.8 Å². The SMILES string of the molecule is CC1(C)CC2CC(C)(CN2CC2CC(c3ccc(CO)cc3)OC(c3ccc(CNC(=O)CCCCC(=O)O)cc3)O2)C1. The maximum atomic E-state index is 12.2.